The fourth-order valence-electron chi connectivity index (χ4n) is 2.78. The number of aromatic nitrogens is 2. The van der Waals surface area contributed by atoms with Crippen molar-refractivity contribution in [3.05, 3.63) is 79.4 Å². The number of benzene rings is 1. The molecule has 26 heavy (non-hydrogen) atoms. The van der Waals surface area contributed by atoms with E-state index in [4.69, 9.17) is 15.0 Å². The predicted molar refractivity (Wildman–Crippen MR) is 90.3 cm³/mol. The average molecular weight is 359 g/mol. The van der Waals surface area contributed by atoms with Crippen LogP contribution in [0.5, 0.6) is 0 Å². The first-order valence-corrected chi connectivity index (χ1v) is 7.91. The Morgan fingerprint density at radius 1 is 1.31 bits per heavy atom. The second kappa shape index (κ2) is 7.98. The number of rotatable bonds is 6. The topological polar surface area (TPSA) is 142 Å². The quantitative estimate of drug-likeness (QED) is 0.443. The number of nitrogens with one attached hydrogen (secondary N) is 1. The summed E-state index contributed by atoms with van der Waals surface area (Å²) in [6.07, 6.45) is -2.55. The van der Waals surface area contributed by atoms with Crippen molar-refractivity contribution in [2.24, 2.45) is 5.11 Å². The Hall–Kier alpha value is -2.91. The van der Waals surface area contributed by atoms with Crippen LogP contribution in [-0.2, 0) is 16.1 Å². The lowest BCUT2D eigenvalue weighted by molar-refractivity contribution is -0.0765. The zero-order chi connectivity index (χ0) is 18.5. The van der Waals surface area contributed by atoms with E-state index >= 15 is 0 Å². The van der Waals surface area contributed by atoms with Gasteiger partial charge in [-0.15, -0.1) is 0 Å². The molecule has 0 radical (unpaired) electrons. The maximum atomic E-state index is 12.1. The zero-order valence-electron chi connectivity index (χ0n) is 13.6. The highest BCUT2D eigenvalue weighted by Gasteiger charge is 2.45. The summed E-state index contributed by atoms with van der Waals surface area (Å²) in [6, 6.07) is 10.5. The first-order chi connectivity index (χ1) is 12.6. The van der Waals surface area contributed by atoms with Gasteiger partial charge in [-0.1, -0.05) is 35.4 Å². The third kappa shape index (κ3) is 3.84. The second-order valence-electron chi connectivity index (χ2n) is 5.75. The van der Waals surface area contributed by atoms with E-state index in [-0.39, 0.29) is 13.2 Å². The predicted octanol–water partition coefficient (Wildman–Crippen LogP) is 0.691. The van der Waals surface area contributed by atoms with Crippen molar-refractivity contribution in [3.8, 4) is 0 Å². The smallest absolute Gasteiger partial charge is 0.330 e. The standard InChI is InChI=1S/C16H17N5O5/c17-20-18-8-11-13(23)14(25-9-10-4-2-1-3-5-10)15(26-11)21-7-6-12(22)19-16(21)24/h1-7,11,13-15,23H,8-9H2,(H,19,22,24)/t11-,13-,14-,15-/m1/s1. The second-order valence-corrected chi connectivity index (χ2v) is 5.75. The van der Waals surface area contributed by atoms with Gasteiger partial charge in [0.15, 0.2) is 6.23 Å². The first kappa shape index (κ1) is 17.9. The number of hydrogen-bond donors (Lipinski definition) is 2. The van der Waals surface area contributed by atoms with Gasteiger partial charge < -0.3 is 14.6 Å². The number of azide groups is 1. The summed E-state index contributed by atoms with van der Waals surface area (Å²) in [5.74, 6) is 0. The van der Waals surface area contributed by atoms with Gasteiger partial charge in [0.05, 0.1) is 19.3 Å². The molecule has 2 N–H and O–H groups in total. The molecule has 0 bridgehead atoms. The molecule has 1 aromatic heterocycles. The molecule has 1 aliphatic heterocycles. The van der Waals surface area contributed by atoms with Crippen molar-refractivity contribution in [2.45, 2.75) is 31.1 Å². The molecule has 1 saturated heterocycles. The Morgan fingerprint density at radius 3 is 2.77 bits per heavy atom. The van der Waals surface area contributed by atoms with Gasteiger partial charge in [-0.3, -0.25) is 14.3 Å². The number of ether oxygens (including phenoxy) is 2. The molecular weight excluding hydrogens is 342 g/mol. The van der Waals surface area contributed by atoms with E-state index in [1.807, 2.05) is 30.3 Å². The maximum Gasteiger partial charge on any atom is 0.330 e. The molecule has 4 atom stereocenters. The molecule has 0 amide bonds. The van der Waals surface area contributed by atoms with Crippen LogP contribution in [0.4, 0.5) is 0 Å². The molecule has 1 aliphatic rings. The molecule has 0 unspecified atom stereocenters. The summed E-state index contributed by atoms with van der Waals surface area (Å²) in [7, 11) is 0. The van der Waals surface area contributed by atoms with Gasteiger partial charge in [0.2, 0.25) is 0 Å². The normalized spacial score (nSPS) is 25.0. The van der Waals surface area contributed by atoms with Crippen molar-refractivity contribution in [3.63, 3.8) is 0 Å². The van der Waals surface area contributed by atoms with Crippen LogP contribution in [0, 0.1) is 0 Å². The summed E-state index contributed by atoms with van der Waals surface area (Å²) in [5.41, 5.74) is 8.13. The highest BCUT2D eigenvalue weighted by atomic mass is 16.6. The van der Waals surface area contributed by atoms with Crippen LogP contribution in [0.25, 0.3) is 10.4 Å². The highest BCUT2D eigenvalue weighted by molar-refractivity contribution is 5.13. The number of aliphatic hydroxyl groups excluding tert-OH is 1. The number of aromatic amines is 1. The van der Waals surface area contributed by atoms with Gasteiger partial charge in [-0.25, -0.2) is 4.79 Å². The molecule has 10 nitrogen and oxygen atoms in total. The third-order valence-corrected chi connectivity index (χ3v) is 4.05. The molecule has 1 aromatic carbocycles. The van der Waals surface area contributed by atoms with Crippen molar-refractivity contribution >= 4 is 0 Å². The van der Waals surface area contributed by atoms with Crippen molar-refractivity contribution in [1.82, 2.24) is 9.55 Å². The van der Waals surface area contributed by atoms with E-state index < -0.39 is 35.8 Å². The Bertz CT molecular complexity index is 905. The van der Waals surface area contributed by atoms with Crippen molar-refractivity contribution < 1.29 is 14.6 Å². The van der Waals surface area contributed by atoms with Gasteiger partial charge >= 0.3 is 5.69 Å². The first-order valence-electron chi connectivity index (χ1n) is 7.91. The van der Waals surface area contributed by atoms with Crippen LogP contribution in [0.1, 0.15) is 11.8 Å². The number of aliphatic hydroxyl groups is 1. The molecule has 2 heterocycles. The molecule has 136 valence electrons. The van der Waals surface area contributed by atoms with Gasteiger partial charge in [-0.2, -0.15) is 0 Å². The Balaban J connectivity index is 1.86. The molecule has 10 heteroatoms. The van der Waals surface area contributed by atoms with Crippen molar-refractivity contribution in [2.75, 3.05) is 6.54 Å². The van der Waals surface area contributed by atoms with Gasteiger partial charge in [0.25, 0.3) is 5.56 Å². The van der Waals surface area contributed by atoms with Crippen LogP contribution >= 0.6 is 0 Å². The van der Waals surface area contributed by atoms with E-state index in [1.54, 1.807) is 0 Å². The average Bonchev–Trinajstić information content (AvgIpc) is 2.94. The van der Waals surface area contributed by atoms with Gasteiger partial charge in [-0.05, 0) is 11.1 Å². The lowest BCUT2D eigenvalue weighted by Gasteiger charge is -2.22. The van der Waals surface area contributed by atoms with Crippen LogP contribution in [0.15, 0.2) is 57.3 Å². The minimum atomic E-state index is -1.12. The van der Waals surface area contributed by atoms with E-state index in [1.165, 1.54) is 12.3 Å². The third-order valence-electron chi connectivity index (χ3n) is 4.05. The van der Waals surface area contributed by atoms with E-state index in [0.29, 0.717) is 0 Å². The SMILES string of the molecule is [N-]=[N+]=NC[C@H]1O[C@@H](n2ccc(=O)[nH]c2=O)[C@H](OCc2ccccc2)[C@@H]1O. The summed E-state index contributed by atoms with van der Waals surface area (Å²) in [4.78, 5) is 28.1. The van der Waals surface area contributed by atoms with Gasteiger partial charge in [0, 0.05) is 17.2 Å². The summed E-state index contributed by atoms with van der Waals surface area (Å²) < 4.78 is 12.6. The molecular formula is C16H17N5O5. The van der Waals surface area contributed by atoms with Gasteiger partial charge in [0.1, 0.15) is 12.2 Å². The lowest BCUT2D eigenvalue weighted by atomic mass is 10.1. The van der Waals surface area contributed by atoms with Crippen molar-refractivity contribution in [1.29, 1.82) is 0 Å². The van der Waals surface area contributed by atoms with Crippen LogP contribution in [0.2, 0.25) is 0 Å². The number of H-pyrrole nitrogens is 1. The summed E-state index contributed by atoms with van der Waals surface area (Å²) >= 11 is 0. The zero-order valence-corrected chi connectivity index (χ0v) is 13.6. The summed E-state index contributed by atoms with van der Waals surface area (Å²) in [5, 5.41) is 13.9. The number of hydrogen-bond acceptors (Lipinski definition) is 6. The highest BCUT2D eigenvalue weighted by Crippen LogP contribution is 2.31. The largest absolute Gasteiger partial charge is 0.388 e. The Morgan fingerprint density at radius 2 is 2.08 bits per heavy atom. The van der Waals surface area contributed by atoms with Crippen LogP contribution in [-0.4, -0.2) is 39.5 Å². The molecule has 2 aromatic rings. The minimum Gasteiger partial charge on any atom is -0.388 e. The Kier molecular flexibility index (Phi) is 5.49. The minimum absolute atomic E-state index is 0.114. The molecule has 0 spiro atoms. The molecule has 3 rings (SSSR count). The maximum absolute atomic E-state index is 12.1. The van der Waals surface area contributed by atoms with Crippen LogP contribution in [0.3, 0.4) is 0 Å². The van der Waals surface area contributed by atoms with E-state index in [0.717, 1.165) is 10.1 Å². The van der Waals surface area contributed by atoms with Crippen LogP contribution < -0.4 is 11.2 Å². The monoisotopic (exact) mass is 359 g/mol. The Labute approximate surface area is 147 Å². The molecule has 0 saturated carbocycles. The number of nitrogens with zero attached hydrogens (tertiary/aromatic N) is 4. The molecule has 0 aliphatic carbocycles. The fourth-order valence-corrected chi connectivity index (χ4v) is 2.78. The fraction of sp³-hybridized carbons (Fsp3) is 0.375. The van der Waals surface area contributed by atoms with E-state index in [2.05, 4.69) is 15.0 Å². The lowest BCUT2D eigenvalue weighted by Crippen LogP contribution is -2.39. The summed E-state index contributed by atoms with van der Waals surface area (Å²) in [6.45, 7) is 0.0756. The van der Waals surface area contributed by atoms with E-state index in [9.17, 15) is 14.7 Å². The molecule has 1 fully saturated rings.